The van der Waals surface area contributed by atoms with Crippen LogP contribution in [0.25, 0.3) is 0 Å². The van der Waals surface area contributed by atoms with Crippen LogP contribution in [-0.2, 0) is 15.8 Å². The summed E-state index contributed by atoms with van der Waals surface area (Å²) in [7, 11) is 0. The normalized spacial score (nSPS) is 19.5. The van der Waals surface area contributed by atoms with E-state index in [9.17, 15) is 22.8 Å². The number of hydrogen-bond acceptors (Lipinski definition) is 4. The minimum Gasteiger partial charge on any atom is -0.471 e. The molecule has 9 heteroatoms. The van der Waals surface area contributed by atoms with Crippen LogP contribution in [0, 0.1) is 19.8 Å². The lowest BCUT2D eigenvalue weighted by Gasteiger charge is -2.39. The molecule has 4 rings (SSSR count). The van der Waals surface area contributed by atoms with Gasteiger partial charge in [0.05, 0.1) is 19.0 Å². The van der Waals surface area contributed by atoms with E-state index in [1.54, 1.807) is 9.80 Å². The highest BCUT2D eigenvalue weighted by atomic mass is 19.4. The van der Waals surface area contributed by atoms with Crippen LogP contribution in [0.2, 0.25) is 0 Å². The first kappa shape index (κ1) is 21.1. The summed E-state index contributed by atoms with van der Waals surface area (Å²) >= 11 is 0. The van der Waals surface area contributed by atoms with Crippen molar-refractivity contribution >= 4 is 17.5 Å². The van der Waals surface area contributed by atoms with Crippen LogP contribution >= 0.6 is 0 Å². The number of amides is 2. The molecule has 2 aliphatic rings. The number of carbonyl (C=O) groups excluding carboxylic acids is 2. The molecule has 164 valence electrons. The third-order valence-electron chi connectivity index (χ3n) is 5.74. The van der Waals surface area contributed by atoms with E-state index in [1.165, 1.54) is 12.1 Å². The highest BCUT2D eigenvalue weighted by molar-refractivity contribution is 6.00. The molecule has 2 amide bonds. The van der Waals surface area contributed by atoms with Crippen molar-refractivity contribution in [3.05, 3.63) is 53.2 Å². The van der Waals surface area contributed by atoms with Gasteiger partial charge in [-0.2, -0.15) is 13.2 Å². The Morgan fingerprint density at radius 2 is 1.84 bits per heavy atom. The molecule has 0 bridgehead atoms. The molecule has 0 spiro atoms. The largest absolute Gasteiger partial charge is 0.471 e. The molecule has 0 saturated carbocycles. The van der Waals surface area contributed by atoms with Gasteiger partial charge in [-0.05, 0) is 43.2 Å². The summed E-state index contributed by atoms with van der Waals surface area (Å²) in [5, 5.41) is 0. The second-order valence-electron chi connectivity index (χ2n) is 8.02. The average molecular weight is 433 g/mol. The van der Waals surface area contributed by atoms with Crippen LogP contribution in [0.5, 0.6) is 5.88 Å². The minimum absolute atomic E-state index is 0.0944. The Hall–Kier alpha value is -3.10. The first-order valence-corrected chi connectivity index (χ1v) is 9.99. The summed E-state index contributed by atoms with van der Waals surface area (Å²) < 4.78 is 43.8. The molecule has 1 aromatic heterocycles. The van der Waals surface area contributed by atoms with Crippen molar-refractivity contribution in [3.8, 4) is 5.88 Å². The van der Waals surface area contributed by atoms with Gasteiger partial charge in [0.1, 0.15) is 11.8 Å². The van der Waals surface area contributed by atoms with Gasteiger partial charge in [0.15, 0.2) is 0 Å². The van der Waals surface area contributed by atoms with Crippen molar-refractivity contribution in [3.63, 3.8) is 0 Å². The molecular formula is C22H22F3N3O3. The molecule has 2 aliphatic heterocycles. The zero-order valence-corrected chi connectivity index (χ0v) is 17.1. The zero-order valence-electron chi connectivity index (χ0n) is 17.1. The molecular weight excluding hydrogens is 411 g/mol. The van der Waals surface area contributed by atoms with E-state index in [-0.39, 0.29) is 37.2 Å². The van der Waals surface area contributed by atoms with Crippen molar-refractivity contribution in [2.75, 3.05) is 24.5 Å². The van der Waals surface area contributed by atoms with Crippen LogP contribution in [-0.4, -0.2) is 47.4 Å². The van der Waals surface area contributed by atoms with E-state index in [0.29, 0.717) is 6.54 Å². The Kier molecular flexibility index (Phi) is 5.36. The van der Waals surface area contributed by atoms with Crippen molar-refractivity contribution in [2.24, 2.45) is 5.92 Å². The Morgan fingerprint density at radius 3 is 2.52 bits per heavy atom. The second kappa shape index (κ2) is 7.86. The summed E-state index contributed by atoms with van der Waals surface area (Å²) in [6.07, 6.45) is -4.83. The lowest BCUT2D eigenvalue weighted by Crippen LogP contribution is -2.57. The van der Waals surface area contributed by atoms with E-state index < -0.39 is 23.9 Å². The maximum Gasteiger partial charge on any atom is 0.433 e. The van der Waals surface area contributed by atoms with Crippen LogP contribution in [0.1, 0.15) is 23.2 Å². The molecule has 1 aromatic carbocycles. The SMILES string of the molecule is Cc1ccc(N2CC(C(=O)N3CC(Oc4cccc(C(F)(F)F)n4)C3)CC2=O)cc1C. The third kappa shape index (κ3) is 4.35. The maximum absolute atomic E-state index is 12.8. The summed E-state index contributed by atoms with van der Waals surface area (Å²) in [6, 6.07) is 9.24. The Balaban J connectivity index is 1.33. The summed E-state index contributed by atoms with van der Waals surface area (Å²) in [6.45, 7) is 4.80. The number of ether oxygens (including phenoxy) is 1. The van der Waals surface area contributed by atoms with Gasteiger partial charge in [-0.25, -0.2) is 4.98 Å². The van der Waals surface area contributed by atoms with E-state index in [1.807, 2.05) is 32.0 Å². The number of halogens is 3. The first-order valence-electron chi connectivity index (χ1n) is 9.99. The molecule has 0 aliphatic carbocycles. The Bertz CT molecular complexity index is 1020. The lowest BCUT2D eigenvalue weighted by atomic mass is 10.0. The van der Waals surface area contributed by atoms with Crippen molar-refractivity contribution in [1.29, 1.82) is 0 Å². The van der Waals surface area contributed by atoms with Gasteiger partial charge in [-0.1, -0.05) is 12.1 Å². The number of pyridine rings is 1. The summed E-state index contributed by atoms with van der Waals surface area (Å²) in [5.41, 5.74) is 1.97. The monoisotopic (exact) mass is 433 g/mol. The highest BCUT2D eigenvalue weighted by Crippen LogP contribution is 2.31. The molecule has 2 aromatic rings. The lowest BCUT2D eigenvalue weighted by molar-refractivity contribution is -0.144. The molecule has 2 saturated heterocycles. The number of nitrogens with zero attached hydrogens (tertiary/aromatic N) is 3. The fourth-order valence-electron chi connectivity index (χ4n) is 3.78. The minimum atomic E-state index is -4.54. The van der Waals surface area contributed by atoms with Crippen molar-refractivity contribution in [1.82, 2.24) is 9.88 Å². The maximum atomic E-state index is 12.8. The van der Waals surface area contributed by atoms with Gasteiger partial charge in [-0.3, -0.25) is 9.59 Å². The number of aromatic nitrogens is 1. The highest BCUT2D eigenvalue weighted by Gasteiger charge is 2.42. The summed E-state index contributed by atoms with van der Waals surface area (Å²) in [5.74, 6) is -0.801. The first-order chi connectivity index (χ1) is 14.6. The second-order valence-corrected chi connectivity index (χ2v) is 8.02. The number of aryl methyl sites for hydroxylation is 2. The molecule has 3 heterocycles. The van der Waals surface area contributed by atoms with Gasteiger partial charge in [0.2, 0.25) is 17.7 Å². The Labute approximate surface area is 177 Å². The number of carbonyl (C=O) groups is 2. The molecule has 0 N–H and O–H groups in total. The average Bonchev–Trinajstić information content (AvgIpc) is 3.07. The number of rotatable bonds is 4. The predicted octanol–water partition coefficient (Wildman–Crippen LogP) is 3.36. The van der Waals surface area contributed by atoms with E-state index in [4.69, 9.17) is 4.74 Å². The van der Waals surface area contributed by atoms with Gasteiger partial charge >= 0.3 is 6.18 Å². The van der Waals surface area contributed by atoms with E-state index in [0.717, 1.165) is 22.9 Å². The molecule has 1 unspecified atom stereocenters. The molecule has 31 heavy (non-hydrogen) atoms. The van der Waals surface area contributed by atoms with Crippen molar-refractivity contribution < 1.29 is 27.5 Å². The number of alkyl halides is 3. The fourth-order valence-corrected chi connectivity index (χ4v) is 3.78. The molecule has 2 fully saturated rings. The molecule has 6 nitrogen and oxygen atoms in total. The Morgan fingerprint density at radius 1 is 1.10 bits per heavy atom. The number of anilines is 1. The van der Waals surface area contributed by atoms with Crippen molar-refractivity contribution in [2.45, 2.75) is 32.5 Å². The van der Waals surface area contributed by atoms with Gasteiger partial charge < -0.3 is 14.5 Å². The van der Waals surface area contributed by atoms with Gasteiger partial charge in [-0.15, -0.1) is 0 Å². The smallest absolute Gasteiger partial charge is 0.433 e. The topological polar surface area (TPSA) is 62.7 Å². The van der Waals surface area contributed by atoms with Crippen LogP contribution in [0.3, 0.4) is 0 Å². The fraction of sp³-hybridized carbons (Fsp3) is 0.409. The standard InChI is InChI=1S/C22H22F3N3O3/c1-13-6-7-16(8-14(13)2)28-10-15(9-20(28)29)21(30)27-11-17(12-27)31-19-5-3-4-18(26-19)22(23,24)25/h3-8,15,17H,9-12H2,1-2H3. The van der Waals surface area contributed by atoms with Crippen LogP contribution < -0.4 is 9.64 Å². The number of hydrogen-bond donors (Lipinski definition) is 0. The van der Waals surface area contributed by atoms with Gasteiger partial charge in [0.25, 0.3) is 0 Å². The van der Waals surface area contributed by atoms with Crippen LogP contribution in [0.15, 0.2) is 36.4 Å². The van der Waals surface area contributed by atoms with E-state index in [2.05, 4.69) is 4.98 Å². The third-order valence-corrected chi connectivity index (χ3v) is 5.74. The zero-order chi connectivity index (χ0) is 22.3. The van der Waals surface area contributed by atoms with Gasteiger partial charge in [0, 0.05) is 24.7 Å². The molecule has 1 atom stereocenters. The number of likely N-dealkylation sites (tertiary alicyclic amines) is 1. The van der Waals surface area contributed by atoms with E-state index >= 15 is 0 Å². The number of benzene rings is 1. The molecule has 0 radical (unpaired) electrons. The summed E-state index contributed by atoms with van der Waals surface area (Å²) in [4.78, 5) is 31.9. The quantitative estimate of drug-likeness (QED) is 0.742. The van der Waals surface area contributed by atoms with Crippen LogP contribution in [0.4, 0.5) is 18.9 Å². The predicted molar refractivity (Wildman–Crippen MR) is 107 cm³/mol.